The molecule has 0 bridgehead atoms. The van der Waals surface area contributed by atoms with Crippen LogP contribution in [0.3, 0.4) is 0 Å². The molecule has 0 atom stereocenters. The van der Waals surface area contributed by atoms with Crippen LogP contribution in [0.4, 0.5) is 0 Å². The molecule has 3 rings (SSSR count). The highest BCUT2D eigenvalue weighted by molar-refractivity contribution is 7.21. The van der Waals surface area contributed by atoms with Gasteiger partial charge in [-0.15, -0.1) is 11.3 Å². The molecule has 0 saturated heterocycles. The van der Waals surface area contributed by atoms with Crippen molar-refractivity contribution >= 4 is 21.6 Å². The molecule has 2 aromatic carbocycles. The van der Waals surface area contributed by atoms with E-state index >= 15 is 0 Å². The van der Waals surface area contributed by atoms with Crippen LogP contribution in [0, 0.1) is 0 Å². The van der Waals surface area contributed by atoms with Crippen LogP contribution in [0.2, 0.25) is 0 Å². The first kappa shape index (κ1) is 13.1. The molecule has 0 amide bonds. The van der Waals surface area contributed by atoms with E-state index in [0.717, 1.165) is 41.3 Å². The summed E-state index contributed by atoms with van der Waals surface area (Å²) in [6, 6.07) is 16.5. The Morgan fingerprint density at radius 1 is 1.05 bits per heavy atom. The third-order valence-corrected chi connectivity index (χ3v) is 4.25. The maximum Gasteiger partial charge on any atom is 0.124 e. The largest absolute Gasteiger partial charge is 0.494 e. The van der Waals surface area contributed by atoms with Crippen LogP contribution in [0.1, 0.15) is 19.8 Å². The molecule has 0 aliphatic carbocycles. The summed E-state index contributed by atoms with van der Waals surface area (Å²) < 4.78 is 6.91. The van der Waals surface area contributed by atoms with Gasteiger partial charge >= 0.3 is 0 Å². The SMILES string of the molecule is CCCCOc1ccc(-c2nc3ccccc3s2)cc1. The zero-order valence-electron chi connectivity index (χ0n) is 11.5. The summed E-state index contributed by atoms with van der Waals surface area (Å²) >= 11 is 1.73. The van der Waals surface area contributed by atoms with Gasteiger partial charge in [-0.1, -0.05) is 25.5 Å². The average Bonchev–Trinajstić information content (AvgIpc) is 2.92. The lowest BCUT2D eigenvalue weighted by Crippen LogP contribution is -1.95. The standard InChI is InChI=1S/C17H17NOS/c1-2-3-12-19-14-10-8-13(9-11-14)17-18-15-6-4-5-7-16(15)20-17/h4-11H,2-3,12H2,1H3. The smallest absolute Gasteiger partial charge is 0.124 e. The van der Waals surface area contributed by atoms with E-state index in [1.807, 2.05) is 18.2 Å². The maximum absolute atomic E-state index is 5.68. The lowest BCUT2D eigenvalue weighted by atomic mass is 10.2. The fourth-order valence-corrected chi connectivity index (χ4v) is 2.99. The van der Waals surface area contributed by atoms with Crippen LogP contribution in [-0.4, -0.2) is 11.6 Å². The number of nitrogens with zero attached hydrogens (tertiary/aromatic N) is 1. The molecule has 1 aromatic heterocycles. The number of hydrogen-bond donors (Lipinski definition) is 0. The van der Waals surface area contributed by atoms with Gasteiger partial charge in [0.2, 0.25) is 0 Å². The second-order valence-electron chi connectivity index (χ2n) is 4.71. The molecule has 0 N–H and O–H groups in total. The van der Waals surface area contributed by atoms with Crippen LogP contribution < -0.4 is 4.74 Å². The first-order chi connectivity index (χ1) is 9.86. The van der Waals surface area contributed by atoms with Gasteiger partial charge < -0.3 is 4.74 Å². The Balaban J connectivity index is 1.79. The molecule has 1 heterocycles. The molecule has 0 aliphatic heterocycles. The predicted molar refractivity (Wildman–Crippen MR) is 85.5 cm³/mol. The number of aromatic nitrogens is 1. The van der Waals surface area contributed by atoms with Gasteiger partial charge in [0.15, 0.2) is 0 Å². The zero-order chi connectivity index (χ0) is 13.8. The Labute approximate surface area is 123 Å². The molecule has 2 nitrogen and oxygen atoms in total. The Morgan fingerprint density at radius 2 is 1.85 bits per heavy atom. The Morgan fingerprint density at radius 3 is 2.60 bits per heavy atom. The van der Waals surface area contributed by atoms with Gasteiger partial charge in [0.05, 0.1) is 16.8 Å². The third kappa shape index (κ3) is 2.83. The second-order valence-corrected chi connectivity index (χ2v) is 5.74. The quantitative estimate of drug-likeness (QED) is 0.605. The molecule has 0 unspecified atom stereocenters. The maximum atomic E-state index is 5.68. The Kier molecular flexibility index (Phi) is 3.97. The van der Waals surface area contributed by atoms with Gasteiger partial charge in [0, 0.05) is 5.56 Å². The van der Waals surface area contributed by atoms with Crippen molar-refractivity contribution in [3.8, 4) is 16.3 Å². The Hall–Kier alpha value is -1.87. The van der Waals surface area contributed by atoms with E-state index in [0.29, 0.717) is 0 Å². The first-order valence-electron chi connectivity index (χ1n) is 6.95. The number of fused-ring (bicyclic) bond motifs is 1. The summed E-state index contributed by atoms with van der Waals surface area (Å²) in [5.74, 6) is 0.934. The molecule has 3 heteroatoms. The molecule has 0 radical (unpaired) electrons. The van der Waals surface area contributed by atoms with Gasteiger partial charge in [-0.25, -0.2) is 4.98 Å². The highest BCUT2D eigenvalue weighted by Gasteiger charge is 2.05. The average molecular weight is 283 g/mol. The minimum absolute atomic E-state index is 0.789. The number of hydrogen-bond acceptors (Lipinski definition) is 3. The van der Waals surface area contributed by atoms with Crippen molar-refractivity contribution in [1.82, 2.24) is 4.98 Å². The topological polar surface area (TPSA) is 22.1 Å². The van der Waals surface area contributed by atoms with E-state index in [1.54, 1.807) is 11.3 Å². The lowest BCUT2D eigenvalue weighted by Gasteiger charge is -2.05. The summed E-state index contributed by atoms with van der Waals surface area (Å²) in [4.78, 5) is 4.67. The predicted octanol–water partition coefficient (Wildman–Crippen LogP) is 5.14. The van der Waals surface area contributed by atoms with E-state index < -0.39 is 0 Å². The molecule has 0 saturated carbocycles. The lowest BCUT2D eigenvalue weighted by molar-refractivity contribution is 0.309. The van der Waals surface area contributed by atoms with Crippen molar-refractivity contribution in [2.45, 2.75) is 19.8 Å². The summed E-state index contributed by atoms with van der Waals surface area (Å²) in [6.45, 7) is 2.95. The van der Waals surface area contributed by atoms with Crippen LogP contribution in [-0.2, 0) is 0 Å². The van der Waals surface area contributed by atoms with Gasteiger partial charge in [-0.05, 0) is 42.8 Å². The third-order valence-electron chi connectivity index (χ3n) is 3.16. The summed E-state index contributed by atoms with van der Waals surface area (Å²) in [6.07, 6.45) is 2.25. The van der Waals surface area contributed by atoms with Crippen molar-refractivity contribution in [3.05, 3.63) is 48.5 Å². The number of rotatable bonds is 5. The fourth-order valence-electron chi connectivity index (χ4n) is 2.02. The molecule has 20 heavy (non-hydrogen) atoms. The van der Waals surface area contributed by atoms with Crippen molar-refractivity contribution in [3.63, 3.8) is 0 Å². The van der Waals surface area contributed by atoms with E-state index in [-0.39, 0.29) is 0 Å². The highest BCUT2D eigenvalue weighted by atomic mass is 32.1. The van der Waals surface area contributed by atoms with E-state index in [1.165, 1.54) is 4.70 Å². The second kappa shape index (κ2) is 6.06. The van der Waals surface area contributed by atoms with Crippen molar-refractivity contribution in [1.29, 1.82) is 0 Å². The number of ether oxygens (including phenoxy) is 1. The van der Waals surface area contributed by atoms with Gasteiger partial charge in [-0.2, -0.15) is 0 Å². The summed E-state index contributed by atoms with van der Waals surface area (Å²) in [5, 5.41) is 1.06. The van der Waals surface area contributed by atoms with E-state index in [4.69, 9.17) is 4.74 Å². The van der Waals surface area contributed by atoms with E-state index in [2.05, 4.69) is 42.2 Å². The van der Waals surface area contributed by atoms with Gasteiger partial charge in [0.25, 0.3) is 0 Å². The van der Waals surface area contributed by atoms with Crippen LogP contribution in [0.25, 0.3) is 20.8 Å². The molecule has 0 aliphatic rings. The number of para-hydroxylation sites is 1. The molecular formula is C17H17NOS. The van der Waals surface area contributed by atoms with Crippen LogP contribution >= 0.6 is 11.3 Å². The van der Waals surface area contributed by atoms with Gasteiger partial charge in [0.1, 0.15) is 10.8 Å². The van der Waals surface area contributed by atoms with Crippen molar-refractivity contribution < 1.29 is 4.74 Å². The van der Waals surface area contributed by atoms with Crippen molar-refractivity contribution in [2.24, 2.45) is 0 Å². The monoisotopic (exact) mass is 283 g/mol. The molecular weight excluding hydrogens is 266 g/mol. The normalized spacial score (nSPS) is 10.8. The molecule has 102 valence electrons. The molecule has 3 aromatic rings. The minimum Gasteiger partial charge on any atom is -0.494 e. The van der Waals surface area contributed by atoms with E-state index in [9.17, 15) is 0 Å². The first-order valence-corrected chi connectivity index (χ1v) is 7.77. The Bertz CT molecular complexity index is 655. The van der Waals surface area contributed by atoms with Gasteiger partial charge in [-0.3, -0.25) is 0 Å². The minimum atomic E-state index is 0.789. The number of thiazole rings is 1. The fraction of sp³-hybridized carbons (Fsp3) is 0.235. The summed E-state index contributed by atoms with van der Waals surface area (Å²) in [7, 11) is 0. The molecule has 0 spiro atoms. The highest BCUT2D eigenvalue weighted by Crippen LogP contribution is 2.30. The summed E-state index contributed by atoms with van der Waals surface area (Å²) in [5.41, 5.74) is 2.21. The van der Waals surface area contributed by atoms with Crippen LogP contribution in [0.15, 0.2) is 48.5 Å². The number of benzene rings is 2. The number of unbranched alkanes of at least 4 members (excludes halogenated alkanes) is 1. The van der Waals surface area contributed by atoms with Crippen LogP contribution in [0.5, 0.6) is 5.75 Å². The zero-order valence-corrected chi connectivity index (χ0v) is 12.3. The van der Waals surface area contributed by atoms with Crippen molar-refractivity contribution in [2.75, 3.05) is 6.61 Å². The molecule has 0 fully saturated rings.